The van der Waals surface area contributed by atoms with Crippen LogP contribution in [0.1, 0.15) is 17.5 Å². The Labute approximate surface area is 179 Å². The molecule has 1 unspecified atom stereocenters. The first-order valence-corrected chi connectivity index (χ1v) is 9.99. The molecule has 1 heterocycles. The molecule has 1 saturated heterocycles. The quantitative estimate of drug-likeness (QED) is 0.692. The summed E-state index contributed by atoms with van der Waals surface area (Å²) in [7, 11) is 3.16. The van der Waals surface area contributed by atoms with Gasteiger partial charge >= 0.3 is 0 Å². The van der Waals surface area contributed by atoms with Gasteiger partial charge in [0, 0.05) is 31.1 Å². The van der Waals surface area contributed by atoms with E-state index >= 15 is 0 Å². The van der Waals surface area contributed by atoms with E-state index in [1.165, 1.54) is 18.2 Å². The summed E-state index contributed by atoms with van der Waals surface area (Å²) in [6.07, 6.45) is 0.820. The maximum atomic E-state index is 13.1. The van der Waals surface area contributed by atoms with Crippen LogP contribution in [-0.2, 0) is 22.6 Å². The smallest absolute Gasteiger partial charge is 0.225 e. The standard InChI is InChI=1S/C22H24ClFN2O4/c1-29-19-6-3-14(9-20(19)30-2)7-8-26-13-16(10-21(26)27)22(28)25-12-15-4-5-17(24)11-18(15)23/h3-6,9,11,16H,7-8,10,12-13H2,1-2H3,(H,25,28). The zero-order chi connectivity index (χ0) is 21.7. The summed E-state index contributed by atoms with van der Waals surface area (Å²) in [5, 5.41) is 3.05. The predicted octanol–water partition coefficient (Wildman–Crippen LogP) is 3.20. The van der Waals surface area contributed by atoms with Crippen molar-refractivity contribution in [1.82, 2.24) is 10.2 Å². The van der Waals surface area contributed by atoms with Crippen LogP contribution in [0.25, 0.3) is 0 Å². The van der Waals surface area contributed by atoms with Gasteiger partial charge in [-0.05, 0) is 41.8 Å². The van der Waals surface area contributed by atoms with Crippen molar-refractivity contribution in [2.75, 3.05) is 27.3 Å². The van der Waals surface area contributed by atoms with E-state index in [1.54, 1.807) is 19.1 Å². The maximum absolute atomic E-state index is 13.1. The van der Waals surface area contributed by atoms with Crippen LogP contribution in [0.5, 0.6) is 11.5 Å². The summed E-state index contributed by atoms with van der Waals surface area (Å²) in [4.78, 5) is 26.5. The highest BCUT2D eigenvalue weighted by atomic mass is 35.5. The molecule has 0 bridgehead atoms. The number of carbonyl (C=O) groups excluding carboxylic acids is 2. The average Bonchev–Trinajstić information content (AvgIpc) is 3.11. The molecule has 0 radical (unpaired) electrons. The number of methoxy groups -OCH3 is 2. The Morgan fingerprint density at radius 1 is 1.20 bits per heavy atom. The zero-order valence-electron chi connectivity index (χ0n) is 16.9. The predicted molar refractivity (Wildman–Crippen MR) is 111 cm³/mol. The van der Waals surface area contributed by atoms with E-state index in [4.69, 9.17) is 21.1 Å². The van der Waals surface area contributed by atoms with Crippen molar-refractivity contribution < 1.29 is 23.5 Å². The van der Waals surface area contributed by atoms with Crippen LogP contribution < -0.4 is 14.8 Å². The lowest BCUT2D eigenvalue weighted by Gasteiger charge is -2.17. The molecule has 2 aromatic rings. The van der Waals surface area contributed by atoms with Crippen molar-refractivity contribution in [2.45, 2.75) is 19.4 Å². The molecule has 160 valence electrons. The van der Waals surface area contributed by atoms with Gasteiger partial charge in [-0.2, -0.15) is 0 Å². The minimum absolute atomic E-state index is 0.0459. The molecule has 6 nitrogen and oxygen atoms in total. The Morgan fingerprint density at radius 3 is 2.67 bits per heavy atom. The first-order valence-electron chi connectivity index (χ1n) is 9.61. The SMILES string of the molecule is COc1ccc(CCN2CC(C(=O)NCc3ccc(F)cc3Cl)CC2=O)cc1OC. The number of rotatable bonds is 8. The van der Waals surface area contributed by atoms with E-state index in [0.717, 1.165) is 5.56 Å². The molecular formula is C22H24ClFN2O4. The minimum Gasteiger partial charge on any atom is -0.493 e. The van der Waals surface area contributed by atoms with Crippen LogP contribution in [0.3, 0.4) is 0 Å². The largest absolute Gasteiger partial charge is 0.493 e. The molecule has 1 aliphatic rings. The Hall–Kier alpha value is -2.80. The molecular weight excluding hydrogens is 411 g/mol. The lowest BCUT2D eigenvalue weighted by Crippen LogP contribution is -2.33. The molecule has 3 rings (SSSR count). The van der Waals surface area contributed by atoms with Crippen LogP contribution >= 0.6 is 11.6 Å². The van der Waals surface area contributed by atoms with Gasteiger partial charge in [0.2, 0.25) is 11.8 Å². The van der Waals surface area contributed by atoms with Gasteiger partial charge in [0.15, 0.2) is 11.5 Å². The Morgan fingerprint density at radius 2 is 1.97 bits per heavy atom. The first-order chi connectivity index (χ1) is 14.4. The summed E-state index contributed by atoms with van der Waals surface area (Å²) in [5.74, 6) is 0.187. The van der Waals surface area contributed by atoms with Gasteiger partial charge in [-0.3, -0.25) is 9.59 Å². The van der Waals surface area contributed by atoms with Gasteiger partial charge in [-0.15, -0.1) is 0 Å². The molecule has 30 heavy (non-hydrogen) atoms. The fraction of sp³-hybridized carbons (Fsp3) is 0.364. The molecule has 0 saturated carbocycles. The van der Waals surface area contributed by atoms with Crippen molar-refractivity contribution in [1.29, 1.82) is 0 Å². The number of halogens is 2. The molecule has 1 aliphatic heterocycles. The number of benzene rings is 2. The molecule has 0 aliphatic carbocycles. The Balaban J connectivity index is 1.52. The summed E-state index contributed by atoms with van der Waals surface area (Å²) in [5.41, 5.74) is 1.64. The topological polar surface area (TPSA) is 67.9 Å². The second-order valence-electron chi connectivity index (χ2n) is 7.13. The van der Waals surface area contributed by atoms with Gasteiger partial charge in [0.25, 0.3) is 0 Å². The monoisotopic (exact) mass is 434 g/mol. The van der Waals surface area contributed by atoms with E-state index < -0.39 is 11.7 Å². The third-order valence-corrected chi connectivity index (χ3v) is 5.52. The number of ether oxygens (including phenoxy) is 2. The average molecular weight is 435 g/mol. The number of hydrogen-bond acceptors (Lipinski definition) is 4. The fourth-order valence-electron chi connectivity index (χ4n) is 3.46. The van der Waals surface area contributed by atoms with Crippen molar-refractivity contribution in [3.8, 4) is 11.5 Å². The van der Waals surface area contributed by atoms with E-state index in [1.807, 2.05) is 18.2 Å². The second kappa shape index (κ2) is 9.80. The van der Waals surface area contributed by atoms with Crippen molar-refractivity contribution in [3.63, 3.8) is 0 Å². The van der Waals surface area contributed by atoms with Crippen LogP contribution in [-0.4, -0.2) is 44.0 Å². The molecule has 1 atom stereocenters. The highest BCUT2D eigenvalue weighted by Crippen LogP contribution is 2.28. The summed E-state index contributed by atoms with van der Waals surface area (Å²) < 4.78 is 23.7. The third kappa shape index (κ3) is 5.21. The van der Waals surface area contributed by atoms with Gasteiger partial charge in [-0.25, -0.2) is 4.39 Å². The van der Waals surface area contributed by atoms with Crippen LogP contribution in [0, 0.1) is 11.7 Å². The molecule has 1 N–H and O–H groups in total. The van der Waals surface area contributed by atoms with Gasteiger partial charge in [0.05, 0.1) is 20.1 Å². The third-order valence-electron chi connectivity index (χ3n) is 5.17. The highest BCUT2D eigenvalue weighted by Gasteiger charge is 2.33. The number of amides is 2. The van der Waals surface area contributed by atoms with E-state index in [2.05, 4.69) is 5.32 Å². The number of nitrogens with zero attached hydrogens (tertiary/aromatic N) is 1. The van der Waals surface area contributed by atoms with Crippen LogP contribution in [0.2, 0.25) is 5.02 Å². The Bertz CT molecular complexity index is 937. The summed E-state index contributed by atoms with van der Waals surface area (Å²) in [6.45, 7) is 1.07. The lowest BCUT2D eigenvalue weighted by atomic mass is 10.1. The van der Waals surface area contributed by atoms with Gasteiger partial charge in [-0.1, -0.05) is 23.7 Å². The number of carbonyl (C=O) groups is 2. The van der Waals surface area contributed by atoms with Crippen LogP contribution in [0.4, 0.5) is 4.39 Å². The lowest BCUT2D eigenvalue weighted by molar-refractivity contribution is -0.129. The fourth-order valence-corrected chi connectivity index (χ4v) is 3.69. The zero-order valence-corrected chi connectivity index (χ0v) is 17.7. The molecule has 2 amide bonds. The molecule has 2 aromatic carbocycles. The van der Waals surface area contributed by atoms with Gasteiger partial charge in [0.1, 0.15) is 5.82 Å². The maximum Gasteiger partial charge on any atom is 0.225 e. The van der Waals surface area contributed by atoms with E-state index in [9.17, 15) is 14.0 Å². The minimum atomic E-state index is -0.429. The summed E-state index contributed by atoms with van der Waals surface area (Å²) in [6, 6.07) is 9.68. The normalized spacial score (nSPS) is 15.9. The molecule has 8 heteroatoms. The second-order valence-corrected chi connectivity index (χ2v) is 7.54. The number of hydrogen-bond donors (Lipinski definition) is 1. The van der Waals surface area contributed by atoms with Gasteiger partial charge < -0.3 is 19.7 Å². The van der Waals surface area contributed by atoms with Crippen molar-refractivity contribution in [2.24, 2.45) is 5.92 Å². The van der Waals surface area contributed by atoms with Crippen molar-refractivity contribution in [3.05, 3.63) is 58.4 Å². The molecule has 0 spiro atoms. The highest BCUT2D eigenvalue weighted by molar-refractivity contribution is 6.31. The number of nitrogens with one attached hydrogen (secondary N) is 1. The van der Waals surface area contributed by atoms with E-state index in [-0.39, 0.29) is 29.8 Å². The van der Waals surface area contributed by atoms with E-state index in [0.29, 0.717) is 36.6 Å². The van der Waals surface area contributed by atoms with Crippen LogP contribution in [0.15, 0.2) is 36.4 Å². The molecule has 1 fully saturated rings. The Kier molecular flexibility index (Phi) is 7.15. The first kappa shape index (κ1) is 21.9. The van der Waals surface area contributed by atoms with Crippen molar-refractivity contribution >= 4 is 23.4 Å². The number of likely N-dealkylation sites (tertiary alicyclic amines) is 1. The molecule has 0 aromatic heterocycles. The summed E-state index contributed by atoms with van der Waals surface area (Å²) >= 11 is 5.99.